The Morgan fingerprint density at radius 3 is 2.59 bits per heavy atom. The summed E-state index contributed by atoms with van der Waals surface area (Å²) in [5, 5.41) is 18.1. The summed E-state index contributed by atoms with van der Waals surface area (Å²) in [5.74, 6) is 0.786. The standard InChI is InChI=1S/C23H38O4/c1-16(13-21(26)27-18(14-24)15-25)7-9-19-17(2)8-10-20-22(3,4)11-6-12-23(19,20)5/h8,13,18-20,24-25H,6-7,9-12,14-15H2,1-5H3/b16-13+/t19-,20-,23+/m1/s1. The van der Waals surface area contributed by atoms with E-state index in [1.807, 2.05) is 6.92 Å². The third-order valence-corrected chi connectivity index (χ3v) is 7.18. The number of hydrogen-bond donors (Lipinski definition) is 2. The predicted molar refractivity (Wildman–Crippen MR) is 108 cm³/mol. The van der Waals surface area contributed by atoms with Gasteiger partial charge in [0, 0.05) is 6.08 Å². The SMILES string of the molecule is CC1=CC[C@@H]2C(C)(C)CCC[C@@]2(C)[C@@H]1CC/C(C)=C/C(=O)OC(CO)CO. The second-order valence-electron chi connectivity index (χ2n) is 9.59. The van der Waals surface area contributed by atoms with E-state index in [2.05, 4.69) is 33.8 Å². The van der Waals surface area contributed by atoms with Gasteiger partial charge in [-0.1, -0.05) is 44.4 Å². The number of aliphatic hydroxyl groups is 2. The summed E-state index contributed by atoms with van der Waals surface area (Å²) in [6.45, 7) is 10.9. The molecule has 2 aliphatic rings. The fourth-order valence-electron chi connectivity index (χ4n) is 5.67. The monoisotopic (exact) mass is 378 g/mol. The third kappa shape index (κ3) is 5.03. The number of fused-ring (bicyclic) bond motifs is 1. The molecule has 0 unspecified atom stereocenters. The van der Waals surface area contributed by atoms with Gasteiger partial charge in [-0.05, 0) is 68.6 Å². The van der Waals surface area contributed by atoms with Gasteiger partial charge in [-0.3, -0.25) is 0 Å². The molecule has 1 fully saturated rings. The molecule has 0 aromatic rings. The molecule has 0 amide bonds. The molecule has 2 aliphatic carbocycles. The van der Waals surface area contributed by atoms with E-state index >= 15 is 0 Å². The summed E-state index contributed by atoms with van der Waals surface area (Å²) in [4.78, 5) is 11.9. The molecule has 0 saturated heterocycles. The van der Waals surface area contributed by atoms with Crippen LogP contribution >= 0.6 is 0 Å². The van der Waals surface area contributed by atoms with E-state index in [9.17, 15) is 4.79 Å². The van der Waals surface area contributed by atoms with Gasteiger partial charge in [0.05, 0.1) is 13.2 Å². The third-order valence-electron chi connectivity index (χ3n) is 7.18. The maximum atomic E-state index is 11.9. The lowest BCUT2D eigenvalue weighted by Gasteiger charge is -2.57. The molecule has 0 aromatic heterocycles. The van der Waals surface area contributed by atoms with E-state index < -0.39 is 12.1 Å². The van der Waals surface area contributed by atoms with Gasteiger partial charge in [0.1, 0.15) is 6.10 Å². The first-order chi connectivity index (χ1) is 12.6. The van der Waals surface area contributed by atoms with Gasteiger partial charge in [-0.15, -0.1) is 0 Å². The number of hydrogen-bond acceptors (Lipinski definition) is 4. The van der Waals surface area contributed by atoms with Gasteiger partial charge in [0.2, 0.25) is 0 Å². The minimum absolute atomic E-state index is 0.334. The van der Waals surface area contributed by atoms with Crippen molar-refractivity contribution in [3.05, 3.63) is 23.3 Å². The Labute approximate surface area is 164 Å². The number of carbonyl (C=O) groups excluding carboxylic acids is 1. The molecule has 0 aromatic carbocycles. The lowest BCUT2D eigenvalue weighted by molar-refractivity contribution is -0.147. The number of rotatable bonds is 7. The Morgan fingerprint density at radius 2 is 1.96 bits per heavy atom. The summed E-state index contributed by atoms with van der Waals surface area (Å²) in [6.07, 6.45) is 10.1. The summed E-state index contributed by atoms with van der Waals surface area (Å²) >= 11 is 0. The van der Waals surface area contributed by atoms with Crippen LogP contribution in [0.4, 0.5) is 0 Å². The van der Waals surface area contributed by atoms with Crippen molar-refractivity contribution >= 4 is 5.97 Å². The molecule has 0 bridgehead atoms. The van der Waals surface area contributed by atoms with Crippen LogP contribution in [0.3, 0.4) is 0 Å². The zero-order chi connectivity index (χ0) is 20.2. The quantitative estimate of drug-likeness (QED) is 0.391. The fourth-order valence-corrected chi connectivity index (χ4v) is 5.67. The topological polar surface area (TPSA) is 66.8 Å². The van der Waals surface area contributed by atoms with E-state index in [0.717, 1.165) is 24.3 Å². The molecule has 0 radical (unpaired) electrons. The summed E-state index contributed by atoms with van der Waals surface area (Å²) < 4.78 is 5.04. The van der Waals surface area contributed by atoms with E-state index in [-0.39, 0.29) is 13.2 Å². The van der Waals surface area contributed by atoms with Crippen LogP contribution < -0.4 is 0 Å². The zero-order valence-electron chi connectivity index (χ0n) is 17.8. The van der Waals surface area contributed by atoms with Crippen LogP contribution in [0.1, 0.15) is 73.1 Å². The van der Waals surface area contributed by atoms with Gasteiger partial charge in [-0.25, -0.2) is 4.79 Å². The molecule has 0 spiro atoms. The lowest BCUT2D eigenvalue weighted by Crippen LogP contribution is -2.48. The molecular formula is C23H38O4. The summed E-state index contributed by atoms with van der Waals surface area (Å²) in [7, 11) is 0. The van der Waals surface area contributed by atoms with E-state index in [1.165, 1.54) is 37.3 Å². The number of allylic oxidation sites excluding steroid dienone is 3. The van der Waals surface area contributed by atoms with Crippen LogP contribution in [-0.2, 0) is 9.53 Å². The van der Waals surface area contributed by atoms with Crippen molar-refractivity contribution in [2.75, 3.05) is 13.2 Å². The summed E-state index contributed by atoms with van der Waals surface area (Å²) in [5.41, 5.74) is 3.21. The van der Waals surface area contributed by atoms with Crippen LogP contribution in [0.2, 0.25) is 0 Å². The molecule has 1 saturated carbocycles. The van der Waals surface area contributed by atoms with Gasteiger partial charge in [0.25, 0.3) is 0 Å². The van der Waals surface area contributed by atoms with Gasteiger partial charge in [0.15, 0.2) is 0 Å². The second-order valence-corrected chi connectivity index (χ2v) is 9.59. The Bertz CT molecular complexity index is 585. The molecule has 0 aliphatic heterocycles. The van der Waals surface area contributed by atoms with Crippen LogP contribution in [0, 0.1) is 22.7 Å². The molecule has 154 valence electrons. The highest BCUT2D eigenvalue weighted by atomic mass is 16.6. The Morgan fingerprint density at radius 1 is 1.30 bits per heavy atom. The van der Waals surface area contributed by atoms with Crippen molar-refractivity contribution in [2.45, 2.75) is 79.2 Å². The second kappa shape index (κ2) is 8.91. The van der Waals surface area contributed by atoms with Gasteiger partial charge >= 0.3 is 5.97 Å². The predicted octanol–water partition coefficient (Wildman–Crippen LogP) is 4.41. The Balaban J connectivity index is 2.05. The van der Waals surface area contributed by atoms with Crippen molar-refractivity contribution in [1.29, 1.82) is 0 Å². The first-order valence-electron chi connectivity index (χ1n) is 10.4. The maximum absolute atomic E-state index is 11.9. The highest BCUT2D eigenvalue weighted by Crippen LogP contribution is 2.60. The smallest absolute Gasteiger partial charge is 0.331 e. The average Bonchev–Trinajstić information content (AvgIpc) is 2.58. The number of carbonyl (C=O) groups is 1. The number of esters is 1. The summed E-state index contributed by atoms with van der Waals surface area (Å²) in [6, 6.07) is 0. The normalized spacial score (nSPS) is 30.7. The molecular weight excluding hydrogens is 340 g/mol. The van der Waals surface area contributed by atoms with Gasteiger partial charge < -0.3 is 14.9 Å². The van der Waals surface area contributed by atoms with Crippen LogP contribution in [0.25, 0.3) is 0 Å². The molecule has 4 nitrogen and oxygen atoms in total. The molecule has 3 atom stereocenters. The lowest BCUT2D eigenvalue weighted by atomic mass is 9.48. The van der Waals surface area contributed by atoms with Crippen LogP contribution in [0.5, 0.6) is 0 Å². The maximum Gasteiger partial charge on any atom is 0.331 e. The minimum Gasteiger partial charge on any atom is -0.454 e. The van der Waals surface area contributed by atoms with Crippen molar-refractivity contribution in [3.8, 4) is 0 Å². The molecule has 4 heteroatoms. The number of aliphatic hydroxyl groups excluding tert-OH is 2. The molecule has 27 heavy (non-hydrogen) atoms. The number of ether oxygens (including phenoxy) is 1. The van der Waals surface area contributed by atoms with E-state index in [4.69, 9.17) is 14.9 Å². The molecule has 2 rings (SSSR count). The minimum atomic E-state index is -0.839. The molecule has 2 N–H and O–H groups in total. The average molecular weight is 379 g/mol. The van der Waals surface area contributed by atoms with Crippen LogP contribution in [0.15, 0.2) is 23.3 Å². The first kappa shape index (κ1) is 22.2. The molecule has 0 heterocycles. The fraction of sp³-hybridized carbons (Fsp3) is 0.783. The zero-order valence-corrected chi connectivity index (χ0v) is 17.8. The Hall–Kier alpha value is -1.13. The largest absolute Gasteiger partial charge is 0.454 e. The highest BCUT2D eigenvalue weighted by molar-refractivity contribution is 5.82. The van der Waals surface area contributed by atoms with Crippen molar-refractivity contribution in [3.63, 3.8) is 0 Å². The highest BCUT2D eigenvalue weighted by Gasteiger charge is 2.51. The Kier molecular flexibility index (Phi) is 7.32. The van der Waals surface area contributed by atoms with Crippen molar-refractivity contribution in [2.24, 2.45) is 22.7 Å². The van der Waals surface area contributed by atoms with Crippen molar-refractivity contribution in [1.82, 2.24) is 0 Å². The van der Waals surface area contributed by atoms with Gasteiger partial charge in [-0.2, -0.15) is 0 Å². The first-order valence-corrected chi connectivity index (χ1v) is 10.4. The van der Waals surface area contributed by atoms with Crippen LogP contribution in [-0.4, -0.2) is 35.5 Å². The van der Waals surface area contributed by atoms with E-state index in [1.54, 1.807) is 0 Å². The van der Waals surface area contributed by atoms with Crippen molar-refractivity contribution < 1.29 is 19.7 Å². The van der Waals surface area contributed by atoms with E-state index in [0.29, 0.717) is 16.7 Å².